The van der Waals surface area contributed by atoms with E-state index in [-0.39, 0.29) is 0 Å². The Bertz CT molecular complexity index is 418. The normalized spacial score (nSPS) is 16.6. The summed E-state index contributed by atoms with van der Waals surface area (Å²) < 4.78 is 0.952. The molecule has 0 amide bonds. The Morgan fingerprint density at radius 2 is 2.25 bits per heavy atom. The maximum absolute atomic E-state index is 8.86. The first kappa shape index (κ1) is 11.5. The molecule has 1 aromatic rings. The minimum atomic E-state index is 0.691. The van der Waals surface area contributed by atoms with E-state index in [1.54, 1.807) is 0 Å². The molecule has 3 heteroatoms. The third-order valence-electron chi connectivity index (χ3n) is 3.08. The zero-order valence-electron chi connectivity index (χ0n) is 9.33. The maximum Gasteiger partial charge on any atom is 0.0992 e. The van der Waals surface area contributed by atoms with Crippen LogP contribution < -0.4 is 5.32 Å². The molecule has 16 heavy (non-hydrogen) atoms. The van der Waals surface area contributed by atoms with Gasteiger partial charge in [-0.25, -0.2) is 0 Å². The summed E-state index contributed by atoms with van der Waals surface area (Å²) in [7, 11) is 0. The van der Waals surface area contributed by atoms with Gasteiger partial charge in [-0.1, -0.05) is 22.9 Å². The van der Waals surface area contributed by atoms with Crippen molar-refractivity contribution in [1.82, 2.24) is 0 Å². The average molecular weight is 279 g/mol. The molecule has 2 rings (SSSR count). The van der Waals surface area contributed by atoms with Crippen LogP contribution in [0.15, 0.2) is 22.7 Å². The molecule has 1 unspecified atom stereocenters. The molecule has 84 valence electrons. The SMILES string of the molecule is CC(CNc1cc(Br)cc(C#N)c1)C1CC1. The van der Waals surface area contributed by atoms with Crippen LogP contribution in [0.25, 0.3) is 0 Å². The van der Waals surface area contributed by atoms with E-state index in [1.165, 1.54) is 12.8 Å². The van der Waals surface area contributed by atoms with Crippen molar-refractivity contribution in [2.75, 3.05) is 11.9 Å². The predicted octanol–water partition coefficient (Wildman–Crippen LogP) is 3.78. The lowest BCUT2D eigenvalue weighted by Crippen LogP contribution is -2.12. The van der Waals surface area contributed by atoms with E-state index in [9.17, 15) is 0 Å². The maximum atomic E-state index is 8.86. The number of nitrogens with zero attached hydrogens (tertiary/aromatic N) is 1. The van der Waals surface area contributed by atoms with Crippen LogP contribution in [-0.4, -0.2) is 6.54 Å². The summed E-state index contributed by atoms with van der Waals surface area (Å²) >= 11 is 3.41. The minimum Gasteiger partial charge on any atom is -0.385 e. The molecule has 1 saturated carbocycles. The summed E-state index contributed by atoms with van der Waals surface area (Å²) in [6.07, 6.45) is 2.76. The van der Waals surface area contributed by atoms with Gasteiger partial charge < -0.3 is 5.32 Å². The van der Waals surface area contributed by atoms with E-state index < -0.39 is 0 Å². The fraction of sp³-hybridized carbons (Fsp3) is 0.462. The van der Waals surface area contributed by atoms with Gasteiger partial charge in [0, 0.05) is 16.7 Å². The largest absolute Gasteiger partial charge is 0.385 e. The Labute approximate surface area is 105 Å². The lowest BCUT2D eigenvalue weighted by molar-refractivity contribution is 0.536. The number of hydrogen-bond donors (Lipinski definition) is 1. The van der Waals surface area contributed by atoms with Crippen molar-refractivity contribution >= 4 is 21.6 Å². The second kappa shape index (κ2) is 4.88. The van der Waals surface area contributed by atoms with E-state index in [0.29, 0.717) is 5.56 Å². The van der Waals surface area contributed by atoms with Gasteiger partial charge in [-0.2, -0.15) is 5.26 Å². The molecular weight excluding hydrogens is 264 g/mol. The van der Waals surface area contributed by atoms with Crippen LogP contribution in [0.2, 0.25) is 0 Å². The monoisotopic (exact) mass is 278 g/mol. The quantitative estimate of drug-likeness (QED) is 0.910. The molecule has 0 saturated heterocycles. The number of nitriles is 1. The molecule has 0 radical (unpaired) electrons. The second-order valence-electron chi connectivity index (χ2n) is 4.54. The van der Waals surface area contributed by atoms with E-state index in [4.69, 9.17) is 5.26 Å². The molecule has 0 bridgehead atoms. The first-order valence-corrected chi connectivity index (χ1v) is 6.43. The summed E-state index contributed by atoms with van der Waals surface area (Å²) in [4.78, 5) is 0. The fourth-order valence-corrected chi connectivity index (χ4v) is 2.36. The van der Waals surface area contributed by atoms with Crippen molar-refractivity contribution in [2.24, 2.45) is 11.8 Å². The summed E-state index contributed by atoms with van der Waals surface area (Å²) in [6, 6.07) is 7.90. The van der Waals surface area contributed by atoms with Gasteiger partial charge in [0.25, 0.3) is 0 Å². The highest BCUT2D eigenvalue weighted by atomic mass is 79.9. The van der Waals surface area contributed by atoms with E-state index >= 15 is 0 Å². The van der Waals surface area contributed by atoms with Crippen molar-refractivity contribution in [3.8, 4) is 6.07 Å². The summed E-state index contributed by atoms with van der Waals surface area (Å²) in [5.41, 5.74) is 1.72. The van der Waals surface area contributed by atoms with E-state index in [2.05, 4.69) is 34.2 Å². The minimum absolute atomic E-state index is 0.691. The third kappa shape index (κ3) is 2.99. The smallest absolute Gasteiger partial charge is 0.0992 e. The number of rotatable bonds is 4. The standard InChI is InChI=1S/C13H15BrN2/c1-9(11-2-3-11)8-16-13-5-10(7-15)4-12(14)6-13/h4-6,9,11,16H,2-3,8H2,1H3. The molecule has 0 aromatic heterocycles. The van der Waals surface area contributed by atoms with Crippen LogP contribution >= 0.6 is 15.9 Å². The number of hydrogen-bond acceptors (Lipinski definition) is 2. The summed E-state index contributed by atoms with van der Waals surface area (Å²) in [5, 5.41) is 12.3. The van der Waals surface area contributed by atoms with Crippen LogP contribution in [0.3, 0.4) is 0 Å². The van der Waals surface area contributed by atoms with Gasteiger partial charge in [-0.3, -0.25) is 0 Å². The Morgan fingerprint density at radius 3 is 2.88 bits per heavy atom. The zero-order valence-corrected chi connectivity index (χ0v) is 10.9. The van der Waals surface area contributed by atoms with Gasteiger partial charge in [-0.05, 0) is 42.9 Å². The van der Waals surface area contributed by atoms with Crippen molar-refractivity contribution in [3.05, 3.63) is 28.2 Å². The van der Waals surface area contributed by atoms with Gasteiger partial charge in [0.1, 0.15) is 0 Å². The molecule has 0 heterocycles. The van der Waals surface area contributed by atoms with Gasteiger partial charge in [0.05, 0.1) is 11.6 Å². The molecule has 1 aliphatic carbocycles. The molecule has 0 aliphatic heterocycles. The molecule has 0 spiro atoms. The Balaban J connectivity index is 1.98. The molecule has 2 nitrogen and oxygen atoms in total. The molecule has 1 fully saturated rings. The van der Waals surface area contributed by atoms with Crippen LogP contribution in [0.4, 0.5) is 5.69 Å². The van der Waals surface area contributed by atoms with Crippen LogP contribution in [0.5, 0.6) is 0 Å². The Hall–Kier alpha value is -1.01. The van der Waals surface area contributed by atoms with Crippen molar-refractivity contribution in [2.45, 2.75) is 19.8 Å². The first-order chi connectivity index (χ1) is 7.69. The zero-order chi connectivity index (χ0) is 11.5. The summed E-state index contributed by atoms with van der Waals surface area (Å²) in [6.45, 7) is 3.28. The van der Waals surface area contributed by atoms with Gasteiger partial charge in [0.2, 0.25) is 0 Å². The third-order valence-corrected chi connectivity index (χ3v) is 3.54. The van der Waals surface area contributed by atoms with Crippen LogP contribution in [-0.2, 0) is 0 Å². The first-order valence-electron chi connectivity index (χ1n) is 5.63. The molecule has 1 atom stereocenters. The van der Waals surface area contributed by atoms with Crippen LogP contribution in [0.1, 0.15) is 25.3 Å². The van der Waals surface area contributed by atoms with Gasteiger partial charge in [0.15, 0.2) is 0 Å². The highest BCUT2D eigenvalue weighted by molar-refractivity contribution is 9.10. The predicted molar refractivity (Wildman–Crippen MR) is 69.2 cm³/mol. The molecular formula is C13H15BrN2. The topological polar surface area (TPSA) is 35.8 Å². The average Bonchev–Trinajstić information content (AvgIpc) is 3.08. The molecule has 1 N–H and O–H groups in total. The van der Waals surface area contributed by atoms with E-state index in [1.807, 2.05) is 18.2 Å². The Morgan fingerprint density at radius 1 is 1.50 bits per heavy atom. The van der Waals surface area contributed by atoms with Crippen molar-refractivity contribution in [3.63, 3.8) is 0 Å². The van der Waals surface area contributed by atoms with Gasteiger partial charge >= 0.3 is 0 Å². The summed E-state index contributed by atoms with van der Waals surface area (Å²) in [5.74, 6) is 1.64. The lowest BCUT2D eigenvalue weighted by atomic mass is 10.1. The van der Waals surface area contributed by atoms with Crippen LogP contribution in [0, 0.1) is 23.2 Å². The number of halogens is 1. The van der Waals surface area contributed by atoms with Crippen molar-refractivity contribution in [1.29, 1.82) is 5.26 Å². The number of anilines is 1. The lowest BCUT2D eigenvalue weighted by Gasteiger charge is -2.13. The number of benzene rings is 1. The van der Waals surface area contributed by atoms with Crippen molar-refractivity contribution < 1.29 is 0 Å². The fourth-order valence-electron chi connectivity index (χ4n) is 1.87. The Kier molecular flexibility index (Phi) is 3.50. The molecule has 1 aromatic carbocycles. The highest BCUT2D eigenvalue weighted by Gasteiger charge is 2.27. The number of nitrogens with one attached hydrogen (secondary N) is 1. The van der Waals surface area contributed by atoms with E-state index in [0.717, 1.165) is 28.5 Å². The van der Waals surface area contributed by atoms with Gasteiger partial charge in [-0.15, -0.1) is 0 Å². The second-order valence-corrected chi connectivity index (χ2v) is 5.45. The molecule has 1 aliphatic rings. The highest BCUT2D eigenvalue weighted by Crippen LogP contribution is 2.36.